The van der Waals surface area contributed by atoms with E-state index < -0.39 is 10.0 Å². The van der Waals surface area contributed by atoms with Gasteiger partial charge in [0.15, 0.2) is 0 Å². The Kier molecular flexibility index (Phi) is 5.39. The van der Waals surface area contributed by atoms with Gasteiger partial charge in [-0.25, -0.2) is 8.42 Å². The predicted molar refractivity (Wildman–Crippen MR) is 101 cm³/mol. The molecule has 5 nitrogen and oxygen atoms in total. The molecule has 0 saturated heterocycles. The molecule has 25 heavy (non-hydrogen) atoms. The van der Waals surface area contributed by atoms with E-state index in [1.54, 1.807) is 0 Å². The minimum atomic E-state index is -3.42. The van der Waals surface area contributed by atoms with Gasteiger partial charge in [0, 0.05) is 17.1 Å². The van der Waals surface area contributed by atoms with Gasteiger partial charge in [-0.1, -0.05) is 55.7 Å². The highest BCUT2D eigenvalue weighted by atomic mass is 32.2. The number of nitrogens with zero attached hydrogens (tertiary/aromatic N) is 1. The smallest absolute Gasteiger partial charge is 0.239 e. The van der Waals surface area contributed by atoms with E-state index in [1.165, 1.54) is 10.6 Å². The van der Waals surface area contributed by atoms with Crippen molar-refractivity contribution in [1.82, 2.24) is 4.31 Å². The molecule has 3 rings (SSSR count). The summed E-state index contributed by atoms with van der Waals surface area (Å²) < 4.78 is 25.7. The summed E-state index contributed by atoms with van der Waals surface area (Å²) in [6.07, 6.45) is 6.01. The summed E-state index contributed by atoms with van der Waals surface area (Å²) in [7, 11) is -3.42. The minimum absolute atomic E-state index is 0.0676. The van der Waals surface area contributed by atoms with Crippen LogP contribution in [0.25, 0.3) is 10.8 Å². The summed E-state index contributed by atoms with van der Waals surface area (Å²) in [6, 6.07) is 13.4. The standard InChI is InChI=1S/C19H24N2O3S/c1-25(23,24)21(16-10-3-2-4-11-16)14-19(22)20-18-13-7-9-15-8-5-6-12-17(15)18/h5-9,12-13,16H,2-4,10-11,14H2,1H3,(H,20,22). The zero-order chi connectivity index (χ0) is 17.9. The van der Waals surface area contributed by atoms with Gasteiger partial charge in [0.25, 0.3) is 0 Å². The molecule has 0 aromatic heterocycles. The first-order valence-electron chi connectivity index (χ1n) is 8.69. The molecule has 1 amide bonds. The van der Waals surface area contributed by atoms with Crippen LogP contribution in [0.4, 0.5) is 5.69 Å². The van der Waals surface area contributed by atoms with Gasteiger partial charge in [-0.15, -0.1) is 0 Å². The molecular formula is C19H24N2O3S. The van der Waals surface area contributed by atoms with E-state index in [2.05, 4.69) is 5.32 Å². The molecule has 0 radical (unpaired) electrons. The Labute approximate surface area is 149 Å². The van der Waals surface area contributed by atoms with Gasteiger partial charge in [0.2, 0.25) is 15.9 Å². The Bertz CT molecular complexity index is 853. The molecule has 1 aliphatic carbocycles. The van der Waals surface area contributed by atoms with Crippen molar-refractivity contribution >= 4 is 32.4 Å². The molecule has 2 aromatic rings. The normalized spacial score (nSPS) is 16.2. The molecule has 2 aromatic carbocycles. The maximum atomic E-state index is 12.5. The number of benzene rings is 2. The first-order chi connectivity index (χ1) is 11.9. The zero-order valence-corrected chi connectivity index (χ0v) is 15.3. The van der Waals surface area contributed by atoms with Crippen LogP contribution in [-0.4, -0.2) is 37.5 Å². The number of hydrogen-bond acceptors (Lipinski definition) is 3. The van der Waals surface area contributed by atoms with Crippen molar-refractivity contribution in [2.75, 3.05) is 18.1 Å². The van der Waals surface area contributed by atoms with Gasteiger partial charge < -0.3 is 5.32 Å². The maximum Gasteiger partial charge on any atom is 0.239 e. The second-order valence-electron chi connectivity index (χ2n) is 6.67. The van der Waals surface area contributed by atoms with Crippen LogP contribution < -0.4 is 5.32 Å². The van der Waals surface area contributed by atoms with Gasteiger partial charge in [-0.2, -0.15) is 4.31 Å². The third-order valence-electron chi connectivity index (χ3n) is 4.77. The first kappa shape index (κ1) is 17.9. The lowest BCUT2D eigenvalue weighted by Gasteiger charge is -2.31. The molecule has 0 heterocycles. The van der Waals surface area contributed by atoms with E-state index in [0.29, 0.717) is 5.69 Å². The molecular weight excluding hydrogens is 336 g/mol. The van der Waals surface area contributed by atoms with Crippen LogP contribution in [0.5, 0.6) is 0 Å². The van der Waals surface area contributed by atoms with Crippen molar-refractivity contribution in [3.8, 4) is 0 Å². The monoisotopic (exact) mass is 360 g/mol. The number of carbonyl (C=O) groups is 1. The number of carbonyl (C=O) groups excluding carboxylic acids is 1. The number of fused-ring (bicyclic) bond motifs is 1. The van der Waals surface area contributed by atoms with Crippen LogP contribution in [0.2, 0.25) is 0 Å². The van der Waals surface area contributed by atoms with E-state index >= 15 is 0 Å². The van der Waals surface area contributed by atoms with Crippen LogP contribution in [0.15, 0.2) is 42.5 Å². The average molecular weight is 360 g/mol. The lowest BCUT2D eigenvalue weighted by Crippen LogP contribution is -2.45. The Balaban J connectivity index is 1.77. The fourth-order valence-corrected chi connectivity index (χ4v) is 4.66. The molecule has 1 N–H and O–H groups in total. The van der Waals surface area contributed by atoms with Crippen LogP contribution in [0.3, 0.4) is 0 Å². The zero-order valence-electron chi connectivity index (χ0n) is 14.4. The summed E-state index contributed by atoms with van der Waals surface area (Å²) in [5.74, 6) is -0.299. The average Bonchev–Trinajstić information content (AvgIpc) is 2.60. The minimum Gasteiger partial charge on any atom is -0.324 e. The van der Waals surface area contributed by atoms with Gasteiger partial charge in [0.1, 0.15) is 0 Å². The van der Waals surface area contributed by atoms with E-state index in [1.807, 2.05) is 42.5 Å². The number of amides is 1. The number of rotatable bonds is 5. The van der Waals surface area contributed by atoms with E-state index in [0.717, 1.165) is 42.9 Å². The molecule has 0 aliphatic heterocycles. The first-order valence-corrected chi connectivity index (χ1v) is 10.5. The highest BCUT2D eigenvalue weighted by Gasteiger charge is 2.29. The Hall–Kier alpha value is -1.92. The lowest BCUT2D eigenvalue weighted by atomic mass is 9.95. The van der Waals surface area contributed by atoms with Crippen molar-refractivity contribution in [2.45, 2.75) is 38.1 Å². The number of hydrogen-bond donors (Lipinski definition) is 1. The molecule has 0 unspecified atom stereocenters. The Morgan fingerprint density at radius 3 is 2.48 bits per heavy atom. The lowest BCUT2D eigenvalue weighted by molar-refractivity contribution is -0.116. The maximum absolute atomic E-state index is 12.5. The van der Waals surface area contributed by atoms with Crippen molar-refractivity contribution in [3.05, 3.63) is 42.5 Å². The second kappa shape index (κ2) is 7.54. The molecule has 0 atom stereocenters. The van der Waals surface area contributed by atoms with Crippen LogP contribution in [-0.2, 0) is 14.8 Å². The van der Waals surface area contributed by atoms with Gasteiger partial charge in [-0.3, -0.25) is 4.79 Å². The highest BCUT2D eigenvalue weighted by molar-refractivity contribution is 7.88. The van der Waals surface area contributed by atoms with Crippen molar-refractivity contribution < 1.29 is 13.2 Å². The molecule has 1 fully saturated rings. The third-order valence-corrected chi connectivity index (χ3v) is 6.05. The third kappa shape index (κ3) is 4.38. The molecule has 0 spiro atoms. The largest absolute Gasteiger partial charge is 0.324 e. The summed E-state index contributed by atoms with van der Waals surface area (Å²) >= 11 is 0. The topological polar surface area (TPSA) is 66.5 Å². The molecule has 6 heteroatoms. The van der Waals surface area contributed by atoms with Gasteiger partial charge in [-0.05, 0) is 24.3 Å². The summed E-state index contributed by atoms with van der Waals surface area (Å²) in [5, 5.41) is 4.86. The quantitative estimate of drug-likeness (QED) is 0.889. The molecule has 134 valence electrons. The van der Waals surface area contributed by atoms with Crippen molar-refractivity contribution in [2.24, 2.45) is 0 Å². The van der Waals surface area contributed by atoms with Crippen molar-refractivity contribution in [1.29, 1.82) is 0 Å². The number of sulfonamides is 1. The summed E-state index contributed by atoms with van der Waals surface area (Å²) in [6.45, 7) is -0.132. The predicted octanol–water partition coefficient (Wildman–Crippen LogP) is 3.37. The summed E-state index contributed by atoms with van der Waals surface area (Å²) in [4.78, 5) is 12.5. The van der Waals surface area contributed by atoms with Crippen molar-refractivity contribution in [3.63, 3.8) is 0 Å². The number of nitrogens with one attached hydrogen (secondary N) is 1. The van der Waals surface area contributed by atoms with Gasteiger partial charge >= 0.3 is 0 Å². The number of anilines is 1. The highest BCUT2D eigenvalue weighted by Crippen LogP contribution is 2.25. The van der Waals surface area contributed by atoms with Gasteiger partial charge in [0.05, 0.1) is 12.8 Å². The fourth-order valence-electron chi connectivity index (χ4n) is 3.55. The van der Waals surface area contributed by atoms with E-state index in [4.69, 9.17) is 0 Å². The van der Waals surface area contributed by atoms with Crippen LogP contribution in [0, 0.1) is 0 Å². The van der Waals surface area contributed by atoms with Crippen LogP contribution >= 0.6 is 0 Å². The van der Waals surface area contributed by atoms with E-state index in [-0.39, 0.29) is 18.5 Å². The summed E-state index contributed by atoms with van der Waals surface area (Å²) in [5.41, 5.74) is 0.709. The SMILES string of the molecule is CS(=O)(=O)N(CC(=O)Nc1cccc2ccccc12)C1CCCCC1. The Morgan fingerprint density at radius 1 is 1.08 bits per heavy atom. The molecule has 1 saturated carbocycles. The second-order valence-corrected chi connectivity index (χ2v) is 8.61. The van der Waals surface area contributed by atoms with Crippen LogP contribution in [0.1, 0.15) is 32.1 Å². The molecule has 1 aliphatic rings. The van der Waals surface area contributed by atoms with E-state index in [9.17, 15) is 13.2 Å². The Morgan fingerprint density at radius 2 is 1.76 bits per heavy atom. The molecule has 0 bridgehead atoms. The fraction of sp³-hybridized carbons (Fsp3) is 0.421.